The van der Waals surface area contributed by atoms with Crippen molar-refractivity contribution in [1.82, 2.24) is 10.6 Å². The molecule has 184 valence electrons. The van der Waals surface area contributed by atoms with E-state index in [2.05, 4.69) is 10.6 Å². The van der Waals surface area contributed by atoms with Gasteiger partial charge in [0.25, 0.3) is 11.8 Å². The standard InChI is InChI=1S/C28H30F2N2O3/c1-27(2,3)35-26(34)32-18-20-11-5-6-13-22(20)23-14-7-8-15-24(23)25(33)31-17-19-10-9-12-21(16-19)28(4,29)30/h5-16H,17-18H2,1-4H3,(H,31,33)(H,32,34). The van der Waals surface area contributed by atoms with Crippen LogP contribution < -0.4 is 10.6 Å². The van der Waals surface area contributed by atoms with Gasteiger partial charge in [-0.3, -0.25) is 4.79 Å². The van der Waals surface area contributed by atoms with E-state index in [4.69, 9.17) is 4.74 Å². The number of benzene rings is 3. The van der Waals surface area contributed by atoms with Crippen molar-refractivity contribution in [3.63, 3.8) is 0 Å². The smallest absolute Gasteiger partial charge is 0.407 e. The Labute approximate surface area is 204 Å². The first-order valence-corrected chi connectivity index (χ1v) is 11.3. The number of amides is 2. The van der Waals surface area contributed by atoms with Gasteiger partial charge in [0, 0.05) is 31.1 Å². The van der Waals surface area contributed by atoms with Crippen molar-refractivity contribution in [1.29, 1.82) is 0 Å². The van der Waals surface area contributed by atoms with E-state index in [0.717, 1.165) is 18.1 Å². The largest absolute Gasteiger partial charge is 0.444 e. The third kappa shape index (κ3) is 7.37. The predicted octanol–water partition coefficient (Wildman–Crippen LogP) is 6.42. The molecule has 0 heterocycles. The molecule has 0 aliphatic rings. The van der Waals surface area contributed by atoms with Gasteiger partial charge >= 0.3 is 6.09 Å². The molecule has 35 heavy (non-hydrogen) atoms. The summed E-state index contributed by atoms with van der Waals surface area (Å²) in [6, 6.07) is 20.6. The summed E-state index contributed by atoms with van der Waals surface area (Å²) >= 11 is 0. The van der Waals surface area contributed by atoms with Gasteiger partial charge in [0.15, 0.2) is 0 Å². The minimum Gasteiger partial charge on any atom is -0.444 e. The van der Waals surface area contributed by atoms with Gasteiger partial charge in [-0.05, 0) is 55.2 Å². The molecule has 3 aromatic rings. The average Bonchev–Trinajstić information content (AvgIpc) is 2.80. The van der Waals surface area contributed by atoms with Crippen LogP contribution in [0.2, 0.25) is 0 Å². The van der Waals surface area contributed by atoms with Crippen LogP contribution in [-0.2, 0) is 23.7 Å². The lowest BCUT2D eigenvalue weighted by Crippen LogP contribution is -2.32. The Bertz CT molecular complexity index is 1200. The molecular formula is C28H30F2N2O3. The lowest BCUT2D eigenvalue weighted by molar-refractivity contribution is 0.0174. The monoisotopic (exact) mass is 480 g/mol. The molecule has 0 aliphatic carbocycles. The van der Waals surface area contributed by atoms with Crippen LogP contribution in [0.15, 0.2) is 72.8 Å². The minimum atomic E-state index is -2.95. The molecule has 0 unspecified atom stereocenters. The second kappa shape index (κ2) is 10.7. The van der Waals surface area contributed by atoms with Crippen LogP contribution in [0, 0.1) is 0 Å². The molecule has 0 saturated carbocycles. The highest BCUT2D eigenvalue weighted by Gasteiger charge is 2.24. The lowest BCUT2D eigenvalue weighted by atomic mass is 9.95. The van der Waals surface area contributed by atoms with Gasteiger partial charge in [-0.2, -0.15) is 0 Å². The van der Waals surface area contributed by atoms with Gasteiger partial charge in [0.1, 0.15) is 5.60 Å². The molecule has 0 bridgehead atoms. The van der Waals surface area contributed by atoms with Crippen LogP contribution in [0.3, 0.4) is 0 Å². The normalized spacial score (nSPS) is 11.6. The summed E-state index contributed by atoms with van der Waals surface area (Å²) in [7, 11) is 0. The molecule has 3 rings (SSSR count). The first kappa shape index (κ1) is 25.9. The summed E-state index contributed by atoms with van der Waals surface area (Å²) < 4.78 is 32.6. The molecule has 2 N–H and O–H groups in total. The quantitative estimate of drug-likeness (QED) is 0.410. The summed E-state index contributed by atoms with van der Waals surface area (Å²) in [5.74, 6) is -3.28. The number of carbonyl (C=O) groups excluding carboxylic acids is 2. The van der Waals surface area contributed by atoms with Crippen LogP contribution in [0.25, 0.3) is 11.1 Å². The molecule has 0 aliphatic heterocycles. The van der Waals surface area contributed by atoms with E-state index in [9.17, 15) is 18.4 Å². The maximum Gasteiger partial charge on any atom is 0.407 e. The Kier molecular flexibility index (Phi) is 7.89. The first-order valence-electron chi connectivity index (χ1n) is 11.3. The zero-order valence-electron chi connectivity index (χ0n) is 20.3. The number of carbonyl (C=O) groups is 2. The predicted molar refractivity (Wildman–Crippen MR) is 132 cm³/mol. The van der Waals surface area contributed by atoms with E-state index < -0.39 is 17.6 Å². The van der Waals surface area contributed by atoms with Crippen molar-refractivity contribution >= 4 is 12.0 Å². The fraction of sp³-hybridized carbons (Fsp3) is 0.286. The van der Waals surface area contributed by atoms with Gasteiger partial charge in [0.2, 0.25) is 0 Å². The Morgan fingerprint density at radius 1 is 0.800 bits per heavy atom. The van der Waals surface area contributed by atoms with E-state index in [1.165, 1.54) is 12.1 Å². The first-order chi connectivity index (χ1) is 16.4. The molecule has 0 atom stereocenters. The topological polar surface area (TPSA) is 67.4 Å². The Balaban J connectivity index is 1.79. The van der Waals surface area contributed by atoms with Crippen molar-refractivity contribution in [3.8, 4) is 11.1 Å². The molecule has 3 aromatic carbocycles. The highest BCUT2D eigenvalue weighted by Crippen LogP contribution is 2.29. The van der Waals surface area contributed by atoms with Crippen LogP contribution in [0.1, 0.15) is 54.7 Å². The van der Waals surface area contributed by atoms with E-state index >= 15 is 0 Å². The highest BCUT2D eigenvalue weighted by molar-refractivity contribution is 6.01. The number of halogens is 2. The molecule has 2 amide bonds. The average molecular weight is 481 g/mol. The van der Waals surface area contributed by atoms with Gasteiger partial charge < -0.3 is 15.4 Å². The number of alkyl halides is 2. The van der Waals surface area contributed by atoms with Crippen LogP contribution >= 0.6 is 0 Å². The van der Waals surface area contributed by atoms with E-state index in [1.54, 1.807) is 45.0 Å². The summed E-state index contributed by atoms with van der Waals surface area (Å²) in [4.78, 5) is 25.2. The zero-order valence-corrected chi connectivity index (χ0v) is 20.3. The third-order valence-electron chi connectivity index (χ3n) is 5.19. The van der Waals surface area contributed by atoms with E-state index in [1.807, 2.05) is 36.4 Å². The molecule has 0 spiro atoms. The third-order valence-corrected chi connectivity index (χ3v) is 5.19. The van der Waals surface area contributed by atoms with E-state index in [-0.39, 0.29) is 24.6 Å². The Morgan fingerprint density at radius 2 is 1.46 bits per heavy atom. The molecular weight excluding hydrogens is 450 g/mol. The van der Waals surface area contributed by atoms with Crippen molar-refractivity contribution in [2.75, 3.05) is 0 Å². The van der Waals surface area contributed by atoms with Gasteiger partial charge in [-0.25, -0.2) is 13.6 Å². The summed E-state index contributed by atoms with van der Waals surface area (Å²) in [6.45, 7) is 6.55. The maximum absolute atomic E-state index is 13.6. The van der Waals surface area contributed by atoms with Gasteiger partial charge in [-0.15, -0.1) is 0 Å². The number of ether oxygens (including phenoxy) is 1. The van der Waals surface area contributed by atoms with Gasteiger partial charge in [0.05, 0.1) is 0 Å². The van der Waals surface area contributed by atoms with Crippen LogP contribution in [-0.4, -0.2) is 17.6 Å². The lowest BCUT2D eigenvalue weighted by Gasteiger charge is -2.20. The number of hydrogen-bond donors (Lipinski definition) is 2. The van der Waals surface area contributed by atoms with Crippen molar-refractivity contribution < 1.29 is 23.1 Å². The molecule has 0 aromatic heterocycles. The maximum atomic E-state index is 13.6. The minimum absolute atomic E-state index is 0.101. The highest BCUT2D eigenvalue weighted by atomic mass is 19.3. The van der Waals surface area contributed by atoms with Gasteiger partial charge in [-0.1, -0.05) is 60.7 Å². The molecule has 7 heteroatoms. The van der Waals surface area contributed by atoms with E-state index in [0.29, 0.717) is 16.7 Å². The summed E-state index contributed by atoms with van der Waals surface area (Å²) in [5.41, 5.74) is 2.61. The Morgan fingerprint density at radius 3 is 2.14 bits per heavy atom. The molecule has 0 saturated heterocycles. The van der Waals surface area contributed by atoms with Crippen molar-refractivity contribution in [2.24, 2.45) is 0 Å². The SMILES string of the molecule is CC(C)(C)OC(=O)NCc1ccccc1-c1ccccc1C(=O)NCc1cccc(C(C)(F)F)c1. The second-order valence-electron chi connectivity index (χ2n) is 9.33. The molecule has 0 fully saturated rings. The van der Waals surface area contributed by atoms with Crippen LogP contribution in [0.5, 0.6) is 0 Å². The fourth-order valence-electron chi connectivity index (χ4n) is 3.57. The van der Waals surface area contributed by atoms with Crippen LogP contribution in [0.4, 0.5) is 13.6 Å². The van der Waals surface area contributed by atoms with Crippen molar-refractivity contribution in [2.45, 2.75) is 52.3 Å². The number of hydrogen-bond acceptors (Lipinski definition) is 3. The zero-order chi connectivity index (χ0) is 25.6. The number of nitrogens with one attached hydrogen (secondary N) is 2. The second-order valence-corrected chi connectivity index (χ2v) is 9.33. The van der Waals surface area contributed by atoms with Crippen molar-refractivity contribution in [3.05, 3.63) is 95.1 Å². The number of rotatable bonds is 7. The summed E-state index contributed by atoms with van der Waals surface area (Å²) in [6.07, 6.45) is -0.529. The fourth-order valence-corrected chi connectivity index (χ4v) is 3.57. The molecule has 5 nitrogen and oxygen atoms in total. The Hall–Kier alpha value is -3.74. The molecule has 0 radical (unpaired) electrons. The number of alkyl carbamates (subject to hydrolysis) is 1. The summed E-state index contributed by atoms with van der Waals surface area (Å²) in [5, 5.41) is 5.58.